The van der Waals surface area contributed by atoms with Crippen LogP contribution in [0.5, 0.6) is 5.75 Å². The van der Waals surface area contributed by atoms with E-state index in [4.69, 9.17) is 4.74 Å². The summed E-state index contributed by atoms with van der Waals surface area (Å²) in [6.07, 6.45) is -4.54. The Kier molecular flexibility index (Phi) is 4.63. The lowest BCUT2D eigenvalue weighted by molar-refractivity contribution is -0.139. The molecule has 1 aromatic heterocycles. The van der Waals surface area contributed by atoms with Crippen LogP contribution in [0.2, 0.25) is 0 Å². The zero-order chi connectivity index (χ0) is 17.2. The number of ether oxygens (including phenoxy) is 1. The maximum Gasteiger partial charge on any atom is 0.419 e. The van der Waals surface area contributed by atoms with Gasteiger partial charge in [-0.1, -0.05) is 12.1 Å². The molecule has 0 unspecified atom stereocenters. The Morgan fingerprint density at radius 2 is 1.96 bits per heavy atom. The molecule has 0 fully saturated rings. The Morgan fingerprint density at radius 3 is 2.52 bits per heavy atom. The smallest absolute Gasteiger partial charge is 0.419 e. The monoisotopic (exact) mass is 327 g/mol. The minimum atomic E-state index is -4.54. The van der Waals surface area contributed by atoms with Crippen LogP contribution < -0.4 is 10.1 Å². The number of hydrogen-bond acceptors (Lipinski definition) is 3. The van der Waals surface area contributed by atoms with Crippen molar-refractivity contribution in [1.29, 1.82) is 0 Å². The number of nitrogens with zero attached hydrogens (tertiary/aromatic N) is 2. The zero-order valence-corrected chi connectivity index (χ0v) is 12.9. The molecule has 124 valence electrons. The van der Waals surface area contributed by atoms with Gasteiger partial charge >= 0.3 is 6.18 Å². The van der Waals surface area contributed by atoms with Crippen LogP contribution in [-0.4, -0.2) is 22.3 Å². The van der Waals surface area contributed by atoms with E-state index in [-0.39, 0.29) is 5.75 Å². The van der Waals surface area contributed by atoms with Gasteiger partial charge in [0.25, 0.3) is 5.91 Å². The van der Waals surface area contributed by atoms with Crippen molar-refractivity contribution in [2.24, 2.45) is 7.05 Å². The summed E-state index contributed by atoms with van der Waals surface area (Å²) in [4.78, 5) is 11.9. The lowest BCUT2D eigenvalue weighted by Crippen LogP contribution is -2.22. The van der Waals surface area contributed by atoms with E-state index in [0.29, 0.717) is 11.4 Å². The Hall–Kier alpha value is -2.51. The van der Waals surface area contributed by atoms with Gasteiger partial charge < -0.3 is 10.1 Å². The SMILES string of the molecule is Cc1nn(C)c(C)c1NC(=O)COc1ccccc1C(F)(F)F. The second kappa shape index (κ2) is 6.31. The second-order valence-electron chi connectivity index (χ2n) is 5.00. The van der Waals surface area contributed by atoms with Crippen LogP contribution in [0.1, 0.15) is 17.0 Å². The number of carbonyl (C=O) groups excluding carboxylic acids is 1. The number of benzene rings is 1. The molecule has 0 saturated carbocycles. The van der Waals surface area contributed by atoms with E-state index in [1.807, 2.05) is 0 Å². The molecule has 1 aromatic carbocycles. The van der Waals surface area contributed by atoms with E-state index in [0.717, 1.165) is 11.8 Å². The van der Waals surface area contributed by atoms with E-state index in [2.05, 4.69) is 10.4 Å². The predicted molar refractivity (Wildman–Crippen MR) is 78.3 cm³/mol. The number of aromatic nitrogens is 2. The second-order valence-corrected chi connectivity index (χ2v) is 5.00. The lowest BCUT2D eigenvalue weighted by atomic mass is 10.2. The molecule has 23 heavy (non-hydrogen) atoms. The molecule has 5 nitrogen and oxygen atoms in total. The van der Waals surface area contributed by atoms with E-state index >= 15 is 0 Å². The fraction of sp³-hybridized carbons (Fsp3) is 0.333. The first kappa shape index (κ1) is 16.9. The summed E-state index contributed by atoms with van der Waals surface area (Å²) < 4.78 is 45.1. The van der Waals surface area contributed by atoms with Crippen LogP contribution in [0.15, 0.2) is 24.3 Å². The first-order valence-corrected chi connectivity index (χ1v) is 6.79. The number of nitrogens with one attached hydrogen (secondary N) is 1. The van der Waals surface area contributed by atoms with Gasteiger partial charge in [-0.15, -0.1) is 0 Å². The van der Waals surface area contributed by atoms with Crippen molar-refractivity contribution in [3.8, 4) is 5.75 Å². The minimum absolute atomic E-state index is 0.380. The number of hydrogen-bond donors (Lipinski definition) is 1. The molecular weight excluding hydrogens is 311 g/mol. The van der Waals surface area contributed by atoms with Gasteiger partial charge in [0.15, 0.2) is 6.61 Å². The number of amides is 1. The number of alkyl halides is 3. The summed E-state index contributed by atoms with van der Waals surface area (Å²) in [6.45, 7) is 2.97. The highest BCUT2D eigenvalue weighted by atomic mass is 19.4. The predicted octanol–water partition coefficient (Wildman–Crippen LogP) is 3.07. The molecule has 0 atom stereocenters. The summed E-state index contributed by atoms with van der Waals surface area (Å²) in [6, 6.07) is 4.76. The molecule has 1 amide bonds. The fourth-order valence-electron chi connectivity index (χ4n) is 2.10. The maximum absolute atomic E-state index is 12.8. The van der Waals surface area contributed by atoms with Crippen LogP contribution in [-0.2, 0) is 18.0 Å². The summed E-state index contributed by atoms with van der Waals surface area (Å²) in [5.41, 5.74) is 0.979. The topological polar surface area (TPSA) is 56.2 Å². The van der Waals surface area contributed by atoms with Crippen LogP contribution in [0, 0.1) is 13.8 Å². The Balaban J connectivity index is 2.06. The minimum Gasteiger partial charge on any atom is -0.483 e. The van der Waals surface area contributed by atoms with Gasteiger partial charge in [0, 0.05) is 7.05 Å². The number of para-hydroxylation sites is 1. The van der Waals surface area contributed by atoms with Gasteiger partial charge in [-0.25, -0.2) is 0 Å². The van der Waals surface area contributed by atoms with Crippen molar-refractivity contribution in [1.82, 2.24) is 9.78 Å². The summed E-state index contributed by atoms with van der Waals surface area (Å²) in [5, 5.41) is 6.74. The van der Waals surface area contributed by atoms with Crippen molar-refractivity contribution in [3.05, 3.63) is 41.2 Å². The molecule has 1 N–H and O–H groups in total. The van der Waals surface area contributed by atoms with E-state index in [9.17, 15) is 18.0 Å². The molecule has 2 rings (SSSR count). The van der Waals surface area contributed by atoms with Gasteiger partial charge in [0.1, 0.15) is 5.75 Å². The van der Waals surface area contributed by atoms with Gasteiger partial charge in [-0.05, 0) is 26.0 Å². The Labute approximate surface area is 131 Å². The molecule has 0 saturated heterocycles. The zero-order valence-electron chi connectivity index (χ0n) is 12.9. The average Bonchev–Trinajstić information content (AvgIpc) is 2.71. The lowest BCUT2D eigenvalue weighted by Gasteiger charge is -2.13. The first-order valence-electron chi connectivity index (χ1n) is 6.79. The summed E-state index contributed by atoms with van der Waals surface area (Å²) in [5.74, 6) is -0.934. The standard InChI is InChI=1S/C15H16F3N3O2/c1-9-14(10(2)21(3)20-9)19-13(22)8-23-12-7-5-4-6-11(12)15(16,17)18/h4-7H,8H2,1-3H3,(H,19,22). The number of aryl methyl sites for hydroxylation is 2. The van der Waals surface area contributed by atoms with Gasteiger partial charge in [-0.3, -0.25) is 9.48 Å². The van der Waals surface area contributed by atoms with Crippen LogP contribution in [0.3, 0.4) is 0 Å². The Morgan fingerprint density at radius 1 is 1.30 bits per heavy atom. The normalized spacial score (nSPS) is 11.4. The molecule has 2 aromatic rings. The molecule has 0 aliphatic heterocycles. The fourth-order valence-corrected chi connectivity index (χ4v) is 2.10. The van der Waals surface area contributed by atoms with Crippen LogP contribution in [0.4, 0.5) is 18.9 Å². The summed E-state index contributed by atoms with van der Waals surface area (Å²) >= 11 is 0. The largest absolute Gasteiger partial charge is 0.483 e. The van der Waals surface area contributed by atoms with Gasteiger partial charge in [-0.2, -0.15) is 18.3 Å². The maximum atomic E-state index is 12.8. The third-order valence-corrected chi connectivity index (χ3v) is 3.32. The highest BCUT2D eigenvalue weighted by Gasteiger charge is 2.34. The van der Waals surface area contributed by atoms with Gasteiger partial charge in [0.05, 0.1) is 22.6 Å². The molecule has 0 aliphatic rings. The van der Waals surface area contributed by atoms with Crippen molar-refractivity contribution in [2.45, 2.75) is 20.0 Å². The molecular formula is C15H16F3N3O2. The summed E-state index contributed by atoms with van der Waals surface area (Å²) in [7, 11) is 1.73. The van der Waals surface area contributed by atoms with Gasteiger partial charge in [0.2, 0.25) is 0 Å². The molecule has 0 aliphatic carbocycles. The van der Waals surface area contributed by atoms with E-state index < -0.39 is 24.3 Å². The van der Waals surface area contributed by atoms with Crippen LogP contribution >= 0.6 is 0 Å². The third kappa shape index (κ3) is 3.82. The molecule has 1 heterocycles. The van der Waals surface area contributed by atoms with E-state index in [1.165, 1.54) is 18.2 Å². The number of carbonyl (C=O) groups is 1. The van der Waals surface area contributed by atoms with Crippen molar-refractivity contribution in [3.63, 3.8) is 0 Å². The molecule has 0 radical (unpaired) electrons. The molecule has 0 bridgehead atoms. The number of halogens is 3. The highest BCUT2D eigenvalue weighted by molar-refractivity contribution is 5.93. The third-order valence-electron chi connectivity index (χ3n) is 3.32. The molecule has 0 spiro atoms. The van der Waals surface area contributed by atoms with Crippen molar-refractivity contribution in [2.75, 3.05) is 11.9 Å². The molecule has 8 heteroatoms. The number of rotatable bonds is 4. The van der Waals surface area contributed by atoms with Crippen LogP contribution in [0.25, 0.3) is 0 Å². The Bertz CT molecular complexity index is 723. The van der Waals surface area contributed by atoms with Crippen molar-refractivity contribution < 1.29 is 22.7 Å². The quantitative estimate of drug-likeness (QED) is 0.939. The first-order chi connectivity index (χ1) is 10.7. The van der Waals surface area contributed by atoms with E-state index in [1.54, 1.807) is 25.6 Å². The average molecular weight is 327 g/mol. The highest BCUT2D eigenvalue weighted by Crippen LogP contribution is 2.35. The number of anilines is 1. The van der Waals surface area contributed by atoms with Crippen molar-refractivity contribution >= 4 is 11.6 Å².